The molecule has 1 aromatic carbocycles. The molecule has 0 amide bonds. The Morgan fingerprint density at radius 3 is 2.56 bits per heavy atom. The molecule has 1 heterocycles. The average Bonchev–Trinajstić information content (AvgIpc) is 2.72. The highest BCUT2D eigenvalue weighted by atomic mass is 32.2. The molecule has 7 heteroatoms. The predicted molar refractivity (Wildman–Crippen MR) is 69.9 cm³/mol. The molecule has 1 aromatic rings. The van der Waals surface area contributed by atoms with E-state index in [1.807, 2.05) is 0 Å². The van der Waals surface area contributed by atoms with Crippen LogP contribution in [-0.4, -0.2) is 25.0 Å². The lowest BCUT2D eigenvalue weighted by molar-refractivity contribution is 0.174. The van der Waals surface area contributed by atoms with Crippen LogP contribution >= 0.6 is 12.6 Å². The minimum atomic E-state index is -4.31. The summed E-state index contributed by atoms with van der Waals surface area (Å²) in [4.78, 5) is 0. The van der Waals surface area contributed by atoms with Gasteiger partial charge >= 0.3 is 0 Å². The fourth-order valence-corrected chi connectivity index (χ4v) is 3.22. The monoisotopic (exact) mass is 290 g/mol. The van der Waals surface area contributed by atoms with Gasteiger partial charge in [0.25, 0.3) is 10.1 Å². The largest absolute Gasteiger partial charge is 0.454 e. The molecule has 0 radical (unpaired) electrons. The first-order valence-corrected chi connectivity index (χ1v) is 7.27. The van der Waals surface area contributed by atoms with E-state index in [2.05, 4.69) is 12.6 Å². The van der Waals surface area contributed by atoms with Crippen LogP contribution in [0.25, 0.3) is 0 Å². The van der Waals surface area contributed by atoms with Gasteiger partial charge in [-0.3, -0.25) is 4.55 Å². The lowest BCUT2D eigenvalue weighted by atomic mass is 9.96. The van der Waals surface area contributed by atoms with Crippen molar-refractivity contribution in [1.82, 2.24) is 0 Å². The summed E-state index contributed by atoms with van der Waals surface area (Å²) in [6.45, 7) is 3.15. The first-order chi connectivity index (χ1) is 8.26. The molecule has 0 aromatic heterocycles. The standard InChI is InChI=1S/C11H14O5S2/c1-7(17)11(2,18(12,13)14)8-3-4-9-10(5-8)16-6-15-9/h3-5,7,17H,6H2,1-2H3,(H,12,13,14). The number of benzene rings is 1. The molecule has 0 fully saturated rings. The first-order valence-electron chi connectivity index (χ1n) is 5.32. The van der Waals surface area contributed by atoms with Crippen LogP contribution in [0.2, 0.25) is 0 Å². The third-order valence-corrected chi connectivity index (χ3v) is 5.63. The Labute approximate surface area is 111 Å². The van der Waals surface area contributed by atoms with Crippen LogP contribution in [0.1, 0.15) is 19.4 Å². The van der Waals surface area contributed by atoms with Crippen molar-refractivity contribution >= 4 is 22.7 Å². The van der Waals surface area contributed by atoms with Gasteiger partial charge in [-0.2, -0.15) is 21.0 Å². The van der Waals surface area contributed by atoms with Gasteiger partial charge in [0, 0.05) is 5.25 Å². The maximum atomic E-state index is 11.6. The summed E-state index contributed by atoms with van der Waals surface area (Å²) in [6, 6.07) is 4.77. The van der Waals surface area contributed by atoms with E-state index in [0.29, 0.717) is 17.1 Å². The maximum Gasteiger partial charge on any atom is 0.275 e. The van der Waals surface area contributed by atoms with E-state index in [9.17, 15) is 13.0 Å². The fraction of sp³-hybridized carbons (Fsp3) is 0.455. The minimum Gasteiger partial charge on any atom is -0.454 e. The van der Waals surface area contributed by atoms with E-state index >= 15 is 0 Å². The van der Waals surface area contributed by atoms with Crippen LogP contribution in [0.15, 0.2) is 18.2 Å². The Balaban J connectivity index is 2.58. The Morgan fingerprint density at radius 1 is 1.39 bits per heavy atom. The van der Waals surface area contributed by atoms with Crippen molar-refractivity contribution in [3.63, 3.8) is 0 Å². The number of hydrogen-bond acceptors (Lipinski definition) is 5. The molecule has 1 N–H and O–H groups in total. The van der Waals surface area contributed by atoms with Gasteiger partial charge < -0.3 is 9.47 Å². The van der Waals surface area contributed by atoms with E-state index in [1.165, 1.54) is 6.92 Å². The second kappa shape index (κ2) is 4.32. The van der Waals surface area contributed by atoms with Crippen LogP contribution < -0.4 is 9.47 Å². The summed E-state index contributed by atoms with van der Waals surface area (Å²) < 4.78 is 41.6. The van der Waals surface area contributed by atoms with Gasteiger partial charge in [0.2, 0.25) is 6.79 Å². The van der Waals surface area contributed by atoms with Crippen molar-refractivity contribution in [2.45, 2.75) is 23.8 Å². The van der Waals surface area contributed by atoms with Gasteiger partial charge in [-0.15, -0.1) is 0 Å². The van der Waals surface area contributed by atoms with Crippen LogP contribution in [0.4, 0.5) is 0 Å². The third kappa shape index (κ3) is 1.96. The highest BCUT2D eigenvalue weighted by molar-refractivity contribution is 7.89. The van der Waals surface area contributed by atoms with E-state index < -0.39 is 20.1 Å². The van der Waals surface area contributed by atoms with Crippen molar-refractivity contribution in [3.05, 3.63) is 23.8 Å². The Bertz CT molecular complexity index is 567. The molecule has 0 bridgehead atoms. The topological polar surface area (TPSA) is 72.8 Å². The fourth-order valence-electron chi connectivity index (χ4n) is 1.81. The molecule has 5 nitrogen and oxygen atoms in total. The molecule has 0 saturated carbocycles. The van der Waals surface area contributed by atoms with Crippen LogP contribution in [-0.2, 0) is 14.9 Å². The van der Waals surface area contributed by atoms with Crippen molar-refractivity contribution in [2.75, 3.05) is 6.79 Å². The Kier molecular flexibility index (Phi) is 3.25. The maximum absolute atomic E-state index is 11.6. The quantitative estimate of drug-likeness (QED) is 0.656. The Morgan fingerprint density at radius 2 is 2.00 bits per heavy atom. The second-order valence-corrected chi connectivity index (χ2v) is 6.90. The molecule has 0 spiro atoms. The van der Waals surface area contributed by atoms with Crippen molar-refractivity contribution in [2.24, 2.45) is 0 Å². The summed E-state index contributed by atoms with van der Waals surface area (Å²) >= 11 is 4.18. The first kappa shape index (κ1) is 13.5. The number of fused-ring (bicyclic) bond motifs is 1. The van der Waals surface area contributed by atoms with Crippen LogP contribution in [0.3, 0.4) is 0 Å². The minimum absolute atomic E-state index is 0.109. The normalized spacial score (nSPS) is 19.3. The van der Waals surface area contributed by atoms with Crippen molar-refractivity contribution in [3.8, 4) is 11.5 Å². The zero-order chi connectivity index (χ0) is 13.6. The van der Waals surface area contributed by atoms with Crippen LogP contribution in [0.5, 0.6) is 11.5 Å². The molecule has 0 saturated heterocycles. The van der Waals surface area contributed by atoms with Gasteiger partial charge in [0.1, 0.15) is 4.75 Å². The molecule has 1 aliphatic rings. The molecule has 2 unspecified atom stereocenters. The van der Waals surface area contributed by atoms with Gasteiger partial charge in [-0.25, -0.2) is 0 Å². The summed E-state index contributed by atoms with van der Waals surface area (Å²) in [7, 11) is -4.31. The number of ether oxygens (including phenoxy) is 2. The summed E-state index contributed by atoms with van der Waals surface area (Å²) in [6.07, 6.45) is 0. The predicted octanol–water partition coefficient (Wildman–Crippen LogP) is 1.84. The zero-order valence-electron chi connectivity index (χ0n) is 9.95. The molecule has 0 aliphatic carbocycles. The highest BCUT2D eigenvalue weighted by Gasteiger charge is 2.44. The van der Waals surface area contributed by atoms with Crippen molar-refractivity contribution < 1.29 is 22.4 Å². The van der Waals surface area contributed by atoms with Crippen molar-refractivity contribution in [1.29, 1.82) is 0 Å². The van der Waals surface area contributed by atoms with Gasteiger partial charge in [-0.05, 0) is 24.6 Å². The van der Waals surface area contributed by atoms with E-state index in [4.69, 9.17) is 9.47 Å². The molecule has 100 valence electrons. The number of hydrogen-bond donors (Lipinski definition) is 2. The SMILES string of the molecule is CC(S)C(C)(c1ccc2c(c1)OCO2)S(=O)(=O)O. The molecule has 18 heavy (non-hydrogen) atoms. The molecule has 2 atom stereocenters. The lowest BCUT2D eigenvalue weighted by Gasteiger charge is -2.30. The second-order valence-electron chi connectivity index (χ2n) is 4.33. The molecular weight excluding hydrogens is 276 g/mol. The summed E-state index contributed by atoms with van der Waals surface area (Å²) in [5.41, 5.74) is 0.414. The highest BCUT2D eigenvalue weighted by Crippen LogP contribution is 2.41. The lowest BCUT2D eigenvalue weighted by Crippen LogP contribution is -2.39. The summed E-state index contributed by atoms with van der Waals surface area (Å²) in [5, 5.41) is -0.590. The summed E-state index contributed by atoms with van der Waals surface area (Å²) in [5.74, 6) is 1.03. The number of thiol groups is 1. The Hall–Kier alpha value is -0.920. The molecule has 2 rings (SSSR count). The average molecular weight is 290 g/mol. The molecular formula is C11H14O5S2. The van der Waals surface area contributed by atoms with Gasteiger partial charge in [0.15, 0.2) is 11.5 Å². The van der Waals surface area contributed by atoms with E-state index in [0.717, 1.165) is 0 Å². The van der Waals surface area contributed by atoms with Gasteiger partial charge in [-0.1, -0.05) is 13.0 Å². The van der Waals surface area contributed by atoms with E-state index in [1.54, 1.807) is 25.1 Å². The smallest absolute Gasteiger partial charge is 0.275 e. The molecule has 1 aliphatic heterocycles. The zero-order valence-corrected chi connectivity index (χ0v) is 11.7. The van der Waals surface area contributed by atoms with Crippen LogP contribution in [0, 0.1) is 0 Å². The van der Waals surface area contributed by atoms with Gasteiger partial charge in [0.05, 0.1) is 0 Å². The van der Waals surface area contributed by atoms with E-state index in [-0.39, 0.29) is 6.79 Å². The third-order valence-electron chi connectivity index (χ3n) is 3.28. The number of rotatable bonds is 3.